The van der Waals surface area contributed by atoms with E-state index >= 15 is 0 Å². The molecule has 4 aromatic rings. The minimum Gasteiger partial charge on any atom is -0.361 e. The molecular formula is C21H22N8O. The summed E-state index contributed by atoms with van der Waals surface area (Å²) in [4.78, 5) is 22.1. The van der Waals surface area contributed by atoms with Crippen molar-refractivity contribution < 1.29 is 4.79 Å². The lowest BCUT2D eigenvalue weighted by Crippen LogP contribution is -2.43. The molecule has 0 spiro atoms. The lowest BCUT2D eigenvalue weighted by molar-refractivity contribution is -0.125. The number of para-hydroxylation sites is 1. The zero-order valence-corrected chi connectivity index (χ0v) is 16.4. The minimum absolute atomic E-state index is 0.0688. The molecular weight excluding hydrogens is 380 g/mol. The summed E-state index contributed by atoms with van der Waals surface area (Å²) >= 11 is 0. The third kappa shape index (κ3) is 3.61. The number of rotatable bonds is 5. The van der Waals surface area contributed by atoms with Crippen molar-refractivity contribution >= 4 is 22.6 Å². The number of hydrogen-bond acceptors (Lipinski definition) is 6. The molecule has 30 heavy (non-hydrogen) atoms. The molecule has 1 aliphatic heterocycles. The van der Waals surface area contributed by atoms with Gasteiger partial charge in [-0.2, -0.15) is 5.10 Å². The van der Waals surface area contributed by atoms with Gasteiger partial charge in [0.1, 0.15) is 12.7 Å². The second kappa shape index (κ2) is 7.94. The topological polar surface area (TPSA) is 105 Å². The van der Waals surface area contributed by atoms with Gasteiger partial charge < -0.3 is 15.2 Å². The number of H-pyrrole nitrogens is 1. The smallest absolute Gasteiger partial charge is 0.225 e. The molecule has 0 saturated carbocycles. The van der Waals surface area contributed by atoms with E-state index < -0.39 is 0 Å². The van der Waals surface area contributed by atoms with E-state index in [9.17, 15) is 4.79 Å². The van der Waals surface area contributed by atoms with Gasteiger partial charge in [0.15, 0.2) is 11.6 Å². The standard InChI is InChI=1S/C21H22N8O/c30-21(24-11-16-10-23-18-6-2-1-5-17(16)18)15-4-3-9-28(12-15)19-7-8-20(27-26-19)29-14-22-13-25-29/h1-2,5-8,10,13-15,23H,3-4,9,11-12H2,(H,24,30)/t15-/m1/s1. The van der Waals surface area contributed by atoms with Gasteiger partial charge in [0.2, 0.25) is 5.91 Å². The Bertz CT molecular complexity index is 1140. The summed E-state index contributed by atoms with van der Waals surface area (Å²) in [6.45, 7) is 2.02. The number of benzene rings is 1. The number of nitrogens with one attached hydrogen (secondary N) is 2. The monoisotopic (exact) mass is 402 g/mol. The molecule has 9 nitrogen and oxygen atoms in total. The van der Waals surface area contributed by atoms with E-state index in [2.05, 4.69) is 41.5 Å². The van der Waals surface area contributed by atoms with E-state index in [1.54, 1.807) is 11.0 Å². The quantitative estimate of drug-likeness (QED) is 0.530. The van der Waals surface area contributed by atoms with Crippen molar-refractivity contribution in [2.24, 2.45) is 5.92 Å². The summed E-state index contributed by atoms with van der Waals surface area (Å²) in [7, 11) is 0. The number of anilines is 1. The number of nitrogens with zero attached hydrogens (tertiary/aromatic N) is 6. The highest BCUT2D eigenvalue weighted by atomic mass is 16.1. The Morgan fingerprint density at radius 2 is 2.03 bits per heavy atom. The number of carbonyl (C=O) groups excluding carboxylic acids is 1. The Hall–Kier alpha value is -3.75. The normalized spacial score (nSPS) is 16.7. The van der Waals surface area contributed by atoms with Crippen molar-refractivity contribution in [2.75, 3.05) is 18.0 Å². The first kappa shape index (κ1) is 18.3. The summed E-state index contributed by atoms with van der Waals surface area (Å²) < 4.78 is 1.56. The van der Waals surface area contributed by atoms with Crippen LogP contribution in [-0.2, 0) is 11.3 Å². The molecule has 0 radical (unpaired) electrons. The van der Waals surface area contributed by atoms with Crippen LogP contribution in [0.3, 0.4) is 0 Å². The van der Waals surface area contributed by atoms with E-state index in [1.165, 1.54) is 6.33 Å². The van der Waals surface area contributed by atoms with E-state index in [-0.39, 0.29) is 11.8 Å². The fraction of sp³-hybridized carbons (Fsp3) is 0.286. The lowest BCUT2D eigenvalue weighted by atomic mass is 9.97. The van der Waals surface area contributed by atoms with Gasteiger partial charge in [0, 0.05) is 36.7 Å². The summed E-state index contributed by atoms with van der Waals surface area (Å²) in [5.74, 6) is 1.40. The lowest BCUT2D eigenvalue weighted by Gasteiger charge is -2.32. The fourth-order valence-corrected chi connectivity index (χ4v) is 3.94. The summed E-state index contributed by atoms with van der Waals surface area (Å²) in [5.41, 5.74) is 2.18. The zero-order valence-electron chi connectivity index (χ0n) is 16.4. The molecule has 1 aromatic carbocycles. The largest absolute Gasteiger partial charge is 0.361 e. The molecule has 4 heterocycles. The molecule has 2 N–H and O–H groups in total. The second-order valence-electron chi connectivity index (χ2n) is 7.45. The highest BCUT2D eigenvalue weighted by molar-refractivity contribution is 5.84. The number of aromatic amines is 1. The minimum atomic E-state index is -0.0688. The summed E-state index contributed by atoms with van der Waals surface area (Å²) in [6.07, 6.45) is 6.82. The molecule has 0 unspecified atom stereocenters. The average molecular weight is 402 g/mol. The van der Waals surface area contributed by atoms with Crippen LogP contribution < -0.4 is 10.2 Å². The van der Waals surface area contributed by atoms with Gasteiger partial charge in [0.25, 0.3) is 0 Å². The molecule has 0 bridgehead atoms. The number of aromatic nitrogens is 6. The Morgan fingerprint density at radius 3 is 2.87 bits per heavy atom. The van der Waals surface area contributed by atoms with Crippen LogP contribution in [0.25, 0.3) is 16.7 Å². The maximum Gasteiger partial charge on any atom is 0.225 e. The van der Waals surface area contributed by atoms with Gasteiger partial charge >= 0.3 is 0 Å². The summed E-state index contributed by atoms with van der Waals surface area (Å²) in [6, 6.07) is 11.9. The molecule has 1 saturated heterocycles. The molecule has 152 valence electrons. The van der Waals surface area contributed by atoms with E-state index in [0.717, 1.165) is 41.7 Å². The van der Waals surface area contributed by atoms with Crippen LogP contribution in [0.4, 0.5) is 5.82 Å². The predicted molar refractivity (Wildman–Crippen MR) is 112 cm³/mol. The van der Waals surface area contributed by atoms with Gasteiger partial charge in [-0.25, -0.2) is 9.67 Å². The van der Waals surface area contributed by atoms with Crippen LogP contribution in [-0.4, -0.2) is 48.9 Å². The Labute approximate surface area is 173 Å². The first-order valence-corrected chi connectivity index (χ1v) is 10.0. The van der Waals surface area contributed by atoms with Crippen molar-refractivity contribution in [2.45, 2.75) is 19.4 Å². The van der Waals surface area contributed by atoms with E-state index in [1.807, 2.05) is 36.5 Å². The van der Waals surface area contributed by atoms with Crippen LogP contribution in [0, 0.1) is 5.92 Å². The number of piperidine rings is 1. The Morgan fingerprint density at radius 1 is 1.17 bits per heavy atom. The number of amides is 1. The van der Waals surface area contributed by atoms with Gasteiger partial charge in [-0.1, -0.05) is 18.2 Å². The van der Waals surface area contributed by atoms with Crippen LogP contribution in [0.5, 0.6) is 0 Å². The third-order valence-corrected chi connectivity index (χ3v) is 5.53. The second-order valence-corrected chi connectivity index (χ2v) is 7.45. The van der Waals surface area contributed by atoms with Gasteiger partial charge in [0.05, 0.1) is 5.92 Å². The molecule has 0 aliphatic carbocycles. The highest BCUT2D eigenvalue weighted by Gasteiger charge is 2.26. The molecule has 5 rings (SSSR count). The predicted octanol–water partition coefficient (Wildman–Crippen LogP) is 2.07. The Kier molecular flexibility index (Phi) is 4.84. The highest BCUT2D eigenvalue weighted by Crippen LogP contribution is 2.22. The maximum atomic E-state index is 12.8. The van der Waals surface area contributed by atoms with Crippen molar-refractivity contribution in [3.63, 3.8) is 0 Å². The molecule has 1 atom stereocenters. The van der Waals surface area contributed by atoms with Crippen LogP contribution in [0.1, 0.15) is 18.4 Å². The van der Waals surface area contributed by atoms with Gasteiger partial charge in [-0.15, -0.1) is 10.2 Å². The molecule has 9 heteroatoms. The molecule has 1 amide bonds. The van der Waals surface area contributed by atoms with Crippen molar-refractivity contribution in [3.8, 4) is 5.82 Å². The van der Waals surface area contributed by atoms with Crippen molar-refractivity contribution in [3.05, 3.63) is 60.8 Å². The summed E-state index contributed by atoms with van der Waals surface area (Å²) in [5, 5.41) is 16.9. The van der Waals surface area contributed by atoms with Crippen LogP contribution in [0.15, 0.2) is 55.2 Å². The van der Waals surface area contributed by atoms with E-state index in [0.29, 0.717) is 18.9 Å². The molecule has 1 fully saturated rings. The third-order valence-electron chi connectivity index (χ3n) is 5.53. The number of carbonyl (C=O) groups is 1. The van der Waals surface area contributed by atoms with Crippen LogP contribution in [0.2, 0.25) is 0 Å². The van der Waals surface area contributed by atoms with Crippen molar-refractivity contribution in [1.82, 2.24) is 35.3 Å². The molecule has 3 aromatic heterocycles. The zero-order chi connectivity index (χ0) is 20.3. The van der Waals surface area contributed by atoms with Gasteiger partial charge in [-0.3, -0.25) is 4.79 Å². The average Bonchev–Trinajstić information content (AvgIpc) is 3.48. The Balaban J connectivity index is 1.22. The van der Waals surface area contributed by atoms with Gasteiger partial charge in [-0.05, 0) is 36.6 Å². The SMILES string of the molecule is O=C(NCc1c[nH]c2ccccc12)[C@@H]1CCCN(c2ccc(-n3cncn3)nn2)C1. The maximum absolute atomic E-state index is 12.8. The van der Waals surface area contributed by atoms with Crippen molar-refractivity contribution in [1.29, 1.82) is 0 Å². The number of hydrogen-bond donors (Lipinski definition) is 2. The first-order chi connectivity index (χ1) is 14.8. The van der Waals surface area contributed by atoms with Crippen LogP contribution >= 0.6 is 0 Å². The fourth-order valence-electron chi connectivity index (χ4n) is 3.94. The molecule has 1 aliphatic rings. The first-order valence-electron chi connectivity index (χ1n) is 10.0. The van der Waals surface area contributed by atoms with E-state index in [4.69, 9.17) is 0 Å². The number of fused-ring (bicyclic) bond motifs is 1.